The summed E-state index contributed by atoms with van der Waals surface area (Å²) in [5.74, 6) is -0.533. The number of para-hydroxylation sites is 1. The minimum Gasteiger partial charge on any atom is -0.464 e. The molecule has 1 amide bonds. The Morgan fingerprint density at radius 1 is 1.11 bits per heavy atom. The van der Waals surface area contributed by atoms with Crippen molar-refractivity contribution >= 4 is 33.4 Å². The molecule has 0 spiro atoms. The van der Waals surface area contributed by atoms with Crippen LogP contribution in [0.5, 0.6) is 0 Å². The third-order valence-corrected chi connectivity index (χ3v) is 5.27. The minimum absolute atomic E-state index is 0.199. The number of rotatable bonds is 6. The number of hydrogen-bond donors (Lipinski definition) is 0. The van der Waals surface area contributed by atoms with E-state index in [4.69, 9.17) is 4.74 Å². The summed E-state index contributed by atoms with van der Waals surface area (Å²) in [6.45, 7) is 3.86. The summed E-state index contributed by atoms with van der Waals surface area (Å²) in [5, 5.41) is 0. The Labute approximate surface area is 161 Å². The lowest BCUT2D eigenvalue weighted by Gasteiger charge is -2.13. The Morgan fingerprint density at radius 3 is 2.56 bits per heavy atom. The van der Waals surface area contributed by atoms with Crippen LogP contribution in [0.4, 0.5) is 0 Å². The molecule has 5 nitrogen and oxygen atoms in total. The average molecular weight is 382 g/mol. The number of nitrogens with zero attached hydrogens (tertiary/aromatic N) is 2. The van der Waals surface area contributed by atoms with E-state index >= 15 is 0 Å². The van der Waals surface area contributed by atoms with Gasteiger partial charge in [-0.05, 0) is 38.0 Å². The molecule has 0 saturated heterocycles. The Bertz CT molecular complexity index is 1000. The number of amides is 1. The maximum atomic E-state index is 12.4. The van der Waals surface area contributed by atoms with Crippen LogP contribution in [0.25, 0.3) is 10.2 Å². The Morgan fingerprint density at radius 2 is 1.81 bits per heavy atom. The van der Waals surface area contributed by atoms with Crippen molar-refractivity contribution in [3.63, 3.8) is 0 Å². The quantitative estimate of drug-likeness (QED) is 0.608. The van der Waals surface area contributed by atoms with Crippen molar-refractivity contribution in [3.8, 4) is 0 Å². The molecule has 0 aliphatic carbocycles. The van der Waals surface area contributed by atoms with E-state index in [1.54, 1.807) is 18.4 Å². The van der Waals surface area contributed by atoms with Crippen LogP contribution in [0.2, 0.25) is 0 Å². The zero-order valence-electron chi connectivity index (χ0n) is 15.4. The van der Waals surface area contributed by atoms with Crippen LogP contribution in [0.3, 0.4) is 0 Å². The van der Waals surface area contributed by atoms with E-state index in [0.29, 0.717) is 24.2 Å². The van der Waals surface area contributed by atoms with Gasteiger partial charge < -0.3 is 9.30 Å². The van der Waals surface area contributed by atoms with E-state index in [-0.39, 0.29) is 11.9 Å². The first kappa shape index (κ1) is 19.0. The zero-order valence-corrected chi connectivity index (χ0v) is 16.2. The van der Waals surface area contributed by atoms with Gasteiger partial charge in [0.15, 0.2) is 4.80 Å². The number of fused-ring (bicyclic) bond motifs is 1. The van der Waals surface area contributed by atoms with Crippen molar-refractivity contribution in [2.24, 2.45) is 4.99 Å². The van der Waals surface area contributed by atoms with Gasteiger partial charge in [-0.2, -0.15) is 4.99 Å². The van der Waals surface area contributed by atoms with Gasteiger partial charge in [-0.25, -0.2) is 4.79 Å². The molecule has 3 rings (SSSR count). The number of aryl methyl sites for hydroxylation is 1. The number of ether oxygens (including phenoxy) is 1. The van der Waals surface area contributed by atoms with Gasteiger partial charge in [-0.15, -0.1) is 0 Å². The van der Waals surface area contributed by atoms with Crippen molar-refractivity contribution < 1.29 is 14.3 Å². The molecule has 0 aliphatic heterocycles. The molecule has 0 aliphatic rings. The largest absolute Gasteiger partial charge is 0.464 e. The smallest absolute Gasteiger partial charge is 0.328 e. The summed E-state index contributed by atoms with van der Waals surface area (Å²) >= 11 is 1.41. The van der Waals surface area contributed by atoms with E-state index < -0.39 is 6.04 Å². The lowest BCUT2D eigenvalue weighted by Crippen LogP contribution is -2.27. The first-order chi connectivity index (χ1) is 13.1. The molecule has 0 bridgehead atoms. The van der Waals surface area contributed by atoms with Crippen molar-refractivity contribution in [1.82, 2.24) is 4.57 Å². The van der Waals surface area contributed by atoms with Crippen LogP contribution in [0.1, 0.15) is 31.9 Å². The van der Waals surface area contributed by atoms with Gasteiger partial charge in [0, 0.05) is 6.42 Å². The molecule has 0 saturated carbocycles. The molecule has 0 fully saturated rings. The molecule has 0 N–H and O–H groups in total. The highest BCUT2D eigenvalue weighted by Gasteiger charge is 2.20. The lowest BCUT2D eigenvalue weighted by molar-refractivity contribution is -0.146. The van der Waals surface area contributed by atoms with Crippen LogP contribution in [-0.2, 0) is 20.7 Å². The molecule has 1 aromatic heterocycles. The van der Waals surface area contributed by atoms with Crippen molar-refractivity contribution in [1.29, 1.82) is 0 Å². The van der Waals surface area contributed by atoms with Gasteiger partial charge in [0.25, 0.3) is 0 Å². The molecule has 2 aromatic carbocycles. The fourth-order valence-corrected chi connectivity index (χ4v) is 3.99. The van der Waals surface area contributed by atoms with Gasteiger partial charge in [0.05, 0.1) is 16.8 Å². The summed E-state index contributed by atoms with van der Waals surface area (Å²) in [4.78, 5) is 29.5. The maximum absolute atomic E-state index is 12.4. The summed E-state index contributed by atoms with van der Waals surface area (Å²) in [6, 6.07) is 17.0. The number of carbonyl (C=O) groups is 2. The van der Waals surface area contributed by atoms with E-state index in [1.807, 2.05) is 54.6 Å². The monoisotopic (exact) mass is 382 g/mol. The highest BCUT2D eigenvalue weighted by Crippen LogP contribution is 2.21. The van der Waals surface area contributed by atoms with Gasteiger partial charge in [0.1, 0.15) is 6.04 Å². The molecule has 27 heavy (non-hydrogen) atoms. The molecule has 3 aromatic rings. The van der Waals surface area contributed by atoms with E-state index in [1.165, 1.54) is 11.3 Å². The van der Waals surface area contributed by atoms with Crippen molar-refractivity contribution in [2.45, 2.75) is 32.7 Å². The standard InChI is InChI=1S/C21H22N2O3S/c1-3-26-20(25)15(2)23-17-11-7-8-12-18(17)27-21(23)22-19(24)14-13-16-9-5-4-6-10-16/h4-12,15H,3,13-14H2,1-2H3/b22-21-. The normalized spacial score (nSPS) is 12.9. The first-order valence-electron chi connectivity index (χ1n) is 8.98. The fourth-order valence-electron chi connectivity index (χ4n) is 2.87. The second-order valence-corrected chi connectivity index (χ2v) is 7.15. The Balaban J connectivity index is 1.92. The SMILES string of the molecule is CCOC(=O)C(C)n1/c(=N/C(=O)CCc2ccccc2)sc2ccccc21. The van der Waals surface area contributed by atoms with E-state index in [0.717, 1.165) is 15.8 Å². The molecule has 1 unspecified atom stereocenters. The molecule has 1 heterocycles. The number of hydrogen-bond acceptors (Lipinski definition) is 4. The maximum Gasteiger partial charge on any atom is 0.328 e. The Hall–Kier alpha value is -2.73. The summed E-state index contributed by atoms with van der Waals surface area (Å²) in [6.07, 6.45) is 0.966. The van der Waals surface area contributed by atoms with Crippen molar-refractivity contribution in [2.75, 3.05) is 6.61 Å². The third-order valence-electron chi connectivity index (χ3n) is 4.24. The first-order valence-corrected chi connectivity index (χ1v) is 9.80. The summed E-state index contributed by atoms with van der Waals surface area (Å²) in [7, 11) is 0. The minimum atomic E-state index is -0.554. The lowest BCUT2D eigenvalue weighted by atomic mass is 10.1. The van der Waals surface area contributed by atoms with E-state index in [2.05, 4.69) is 4.99 Å². The van der Waals surface area contributed by atoms with Crippen LogP contribution >= 0.6 is 11.3 Å². The van der Waals surface area contributed by atoms with Crippen LogP contribution < -0.4 is 4.80 Å². The fraction of sp³-hybridized carbons (Fsp3) is 0.286. The highest BCUT2D eigenvalue weighted by atomic mass is 32.1. The second-order valence-electron chi connectivity index (χ2n) is 6.14. The van der Waals surface area contributed by atoms with E-state index in [9.17, 15) is 9.59 Å². The molecule has 0 radical (unpaired) electrons. The Kier molecular flexibility index (Phi) is 6.19. The van der Waals surface area contributed by atoms with Gasteiger partial charge in [-0.3, -0.25) is 4.79 Å². The van der Waals surface area contributed by atoms with Crippen LogP contribution in [0, 0.1) is 0 Å². The molecular weight excluding hydrogens is 360 g/mol. The van der Waals surface area contributed by atoms with Crippen molar-refractivity contribution in [3.05, 3.63) is 65.0 Å². The predicted molar refractivity (Wildman–Crippen MR) is 106 cm³/mol. The molecule has 1 atom stereocenters. The number of carbonyl (C=O) groups excluding carboxylic acids is 2. The second kappa shape index (κ2) is 8.77. The predicted octanol–water partition coefficient (Wildman–Crippen LogP) is 3.89. The highest BCUT2D eigenvalue weighted by molar-refractivity contribution is 7.16. The molecular formula is C21H22N2O3S. The number of aromatic nitrogens is 1. The third kappa shape index (κ3) is 4.52. The zero-order chi connectivity index (χ0) is 19.2. The summed E-state index contributed by atoms with van der Waals surface area (Å²) in [5.41, 5.74) is 1.97. The molecule has 140 valence electrons. The van der Waals surface area contributed by atoms with Gasteiger partial charge in [0.2, 0.25) is 5.91 Å². The van der Waals surface area contributed by atoms with Gasteiger partial charge in [-0.1, -0.05) is 53.8 Å². The average Bonchev–Trinajstić information content (AvgIpc) is 3.04. The molecule has 6 heteroatoms. The van der Waals surface area contributed by atoms with Crippen LogP contribution in [0.15, 0.2) is 59.6 Å². The summed E-state index contributed by atoms with van der Waals surface area (Å²) < 4.78 is 7.93. The topological polar surface area (TPSA) is 60.7 Å². The number of thiazole rings is 1. The van der Waals surface area contributed by atoms with Gasteiger partial charge >= 0.3 is 5.97 Å². The number of benzene rings is 2. The number of esters is 1. The van der Waals surface area contributed by atoms with Crippen LogP contribution in [-0.4, -0.2) is 23.1 Å².